The molecule has 2 aromatic rings. The fraction of sp³-hybridized carbons (Fsp3) is 0.444. The highest BCUT2D eigenvalue weighted by atomic mass is 19.1. The van der Waals surface area contributed by atoms with Crippen LogP contribution in [0.25, 0.3) is 0 Å². The molecule has 0 bridgehead atoms. The Morgan fingerprint density at radius 1 is 1.38 bits per heavy atom. The number of rotatable bonds is 4. The van der Waals surface area contributed by atoms with Gasteiger partial charge in [0.15, 0.2) is 5.69 Å². The summed E-state index contributed by atoms with van der Waals surface area (Å²) in [7, 11) is 6.03. The number of amides is 1. The van der Waals surface area contributed by atoms with E-state index in [0.717, 1.165) is 36.1 Å². The van der Waals surface area contributed by atoms with Crippen LogP contribution in [0.15, 0.2) is 24.3 Å². The van der Waals surface area contributed by atoms with Gasteiger partial charge in [0.25, 0.3) is 5.91 Å². The van der Waals surface area contributed by atoms with E-state index in [1.807, 2.05) is 11.7 Å². The molecule has 24 heavy (non-hydrogen) atoms. The van der Waals surface area contributed by atoms with Gasteiger partial charge in [-0.3, -0.25) is 9.48 Å². The standard InChI is InChI=1S/C18H23FN4O/c1-22(2)14-8-9-16-15(10-14)17(21-23(16)3)18(24)20-11-12-4-6-13(19)7-5-12/h4-7,14H,8-11H2,1-3H3,(H,20,24)/t14-/m1/s1. The summed E-state index contributed by atoms with van der Waals surface area (Å²) in [5.74, 6) is -0.450. The number of hydrogen-bond acceptors (Lipinski definition) is 3. The number of benzene rings is 1. The molecule has 128 valence electrons. The largest absolute Gasteiger partial charge is 0.347 e. The predicted octanol–water partition coefficient (Wildman–Crippen LogP) is 1.91. The lowest BCUT2D eigenvalue weighted by molar-refractivity contribution is 0.0943. The summed E-state index contributed by atoms with van der Waals surface area (Å²) in [4.78, 5) is 14.8. The maximum atomic E-state index is 12.9. The third kappa shape index (κ3) is 3.33. The number of nitrogens with zero attached hydrogens (tertiary/aromatic N) is 3. The number of likely N-dealkylation sites (N-methyl/N-ethyl adjacent to an activating group) is 1. The lowest BCUT2D eigenvalue weighted by atomic mass is 9.90. The van der Waals surface area contributed by atoms with Crippen LogP contribution < -0.4 is 5.32 Å². The van der Waals surface area contributed by atoms with Crippen LogP contribution in [0, 0.1) is 5.82 Å². The number of aromatic nitrogens is 2. The fourth-order valence-electron chi connectivity index (χ4n) is 3.26. The molecule has 1 atom stereocenters. The monoisotopic (exact) mass is 330 g/mol. The van der Waals surface area contributed by atoms with Crippen molar-refractivity contribution >= 4 is 5.91 Å². The molecule has 1 heterocycles. The van der Waals surface area contributed by atoms with Gasteiger partial charge in [-0.2, -0.15) is 5.10 Å². The van der Waals surface area contributed by atoms with E-state index >= 15 is 0 Å². The number of hydrogen-bond donors (Lipinski definition) is 1. The van der Waals surface area contributed by atoms with Crippen LogP contribution in [0.5, 0.6) is 0 Å². The van der Waals surface area contributed by atoms with Gasteiger partial charge in [0.05, 0.1) is 0 Å². The zero-order valence-electron chi connectivity index (χ0n) is 14.3. The normalized spacial score (nSPS) is 17.0. The average Bonchev–Trinajstić information content (AvgIpc) is 2.90. The van der Waals surface area contributed by atoms with E-state index in [1.54, 1.807) is 12.1 Å². The third-order valence-corrected chi connectivity index (χ3v) is 4.74. The molecule has 1 aromatic heterocycles. The molecular weight excluding hydrogens is 307 g/mol. The average molecular weight is 330 g/mol. The van der Waals surface area contributed by atoms with Crippen molar-refractivity contribution in [3.8, 4) is 0 Å². The van der Waals surface area contributed by atoms with Crippen molar-refractivity contribution in [3.63, 3.8) is 0 Å². The summed E-state index contributed by atoms with van der Waals surface area (Å²) < 4.78 is 14.8. The number of fused-ring (bicyclic) bond motifs is 1. The molecule has 1 aliphatic rings. The Morgan fingerprint density at radius 2 is 2.08 bits per heavy atom. The molecule has 0 saturated carbocycles. The van der Waals surface area contributed by atoms with Crippen molar-refractivity contribution < 1.29 is 9.18 Å². The highest BCUT2D eigenvalue weighted by Gasteiger charge is 2.28. The highest BCUT2D eigenvalue weighted by molar-refractivity contribution is 5.94. The molecule has 1 amide bonds. The Balaban J connectivity index is 1.74. The van der Waals surface area contributed by atoms with Crippen LogP contribution in [0.3, 0.4) is 0 Å². The summed E-state index contributed by atoms with van der Waals surface area (Å²) in [6.07, 6.45) is 2.86. The lowest BCUT2D eigenvalue weighted by Gasteiger charge is -2.28. The van der Waals surface area contributed by atoms with Crippen molar-refractivity contribution in [1.82, 2.24) is 20.0 Å². The maximum absolute atomic E-state index is 12.9. The minimum Gasteiger partial charge on any atom is -0.347 e. The van der Waals surface area contributed by atoms with E-state index < -0.39 is 0 Å². The molecule has 1 N–H and O–H groups in total. The van der Waals surface area contributed by atoms with E-state index in [1.165, 1.54) is 12.1 Å². The number of nitrogens with one attached hydrogen (secondary N) is 1. The van der Waals surface area contributed by atoms with Crippen molar-refractivity contribution in [2.45, 2.75) is 31.8 Å². The van der Waals surface area contributed by atoms with E-state index in [4.69, 9.17) is 0 Å². The molecule has 6 heteroatoms. The number of halogens is 1. The quantitative estimate of drug-likeness (QED) is 0.932. The number of aryl methyl sites for hydroxylation is 1. The zero-order chi connectivity index (χ0) is 17.3. The van der Waals surface area contributed by atoms with Crippen LogP contribution in [-0.4, -0.2) is 40.7 Å². The van der Waals surface area contributed by atoms with Gasteiger partial charge in [0.1, 0.15) is 5.82 Å². The predicted molar refractivity (Wildman–Crippen MR) is 90.3 cm³/mol. The minimum absolute atomic E-state index is 0.171. The molecule has 5 nitrogen and oxygen atoms in total. The first-order valence-electron chi connectivity index (χ1n) is 8.19. The summed E-state index contributed by atoms with van der Waals surface area (Å²) in [6, 6.07) is 6.57. The van der Waals surface area contributed by atoms with Gasteiger partial charge in [-0.25, -0.2) is 4.39 Å². The van der Waals surface area contributed by atoms with Crippen LogP contribution in [0.2, 0.25) is 0 Å². The summed E-state index contributed by atoms with van der Waals surface area (Å²) in [5, 5.41) is 7.33. The van der Waals surface area contributed by atoms with Crippen LogP contribution >= 0.6 is 0 Å². The van der Waals surface area contributed by atoms with Crippen LogP contribution in [0.1, 0.15) is 33.7 Å². The van der Waals surface area contributed by atoms with E-state index in [2.05, 4.69) is 29.4 Å². The van der Waals surface area contributed by atoms with Crippen LogP contribution in [-0.2, 0) is 26.4 Å². The van der Waals surface area contributed by atoms with E-state index in [-0.39, 0.29) is 11.7 Å². The Labute approximate surface area is 141 Å². The first-order chi connectivity index (χ1) is 11.5. The van der Waals surface area contributed by atoms with Gasteiger partial charge >= 0.3 is 0 Å². The molecule has 0 unspecified atom stereocenters. The van der Waals surface area contributed by atoms with Gasteiger partial charge in [-0.15, -0.1) is 0 Å². The van der Waals surface area contributed by atoms with Crippen molar-refractivity contribution in [2.24, 2.45) is 7.05 Å². The smallest absolute Gasteiger partial charge is 0.272 e. The second-order valence-electron chi connectivity index (χ2n) is 6.57. The second kappa shape index (κ2) is 6.73. The Bertz CT molecular complexity index is 736. The third-order valence-electron chi connectivity index (χ3n) is 4.74. The summed E-state index contributed by atoms with van der Waals surface area (Å²) in [5.41, 5.74) is 3.58. The molecule has 1 aromatic carbocycles. The van der Waals surface area contributed by atoms with Gasteiger partial charge in [0, 0.05) is 30.9 Å². The zero-order valence-corrected chi connectivity index (χ0v) is 14.3. The van der Waals surface area contributed by atoms with Crippen molar-refractivity contribution in [1.29, 1.82) is 0 Å². The Kier molecular flexibility index (Phi) is 4.66. The number of carbonyl (C=O) groups is 1. The molecular formula is C18H23FN4O. The first-order valence-corrected chi connectivity index (χ1v) is 8.19. The molecule has 0 saturated heterocycles. The SMILES string of the molecule is CN(C)[C@@H]1CCc2c(c(C(=O)NCc3ccc(F)cc3)nn2C)C1. The van der Waals surface area contributed by atoms with Gasteiger partial charge in [0.2, 0.25) is 0 Å². The first kappa shape index (κ1) is 16.6. The van der Waals surface area contributed by atoms with E-state index in [0.29, 0.717) is 18.3 Å². The highest BCUT2D eigenvalue weighted by Crippen LogP contribution is 2.26. The van der Waals surface area contributed by atoms with Crippen molar-refractivity contribution in [2.75, 3.05) is 14.1 Å². The maximum Gasteiger partial charge on any atom is 0.272 e. The Hall–Kier alpha value is -2.21. The molecule has 0 fully saturated rings. The summed E-state index contributed by atoms with van der Waals surface area (Å²) in [6.45, 7) is 0.363. The second-order valence-corrected chi connectivity index (χ2v) is 6.57. The lowest BCUT2D eigenvalue weighted by Crippen LogP contribution is -2.34. The minimum atomic E-state index is -0.279. The van der Waals surface area contributed by atoms with Gasteiger partial charge < -0.3 is 10.2 Å². The Morgan fingerprint density at radius 3 is 2.75 bits per heavy atom. The molecule has 0 spiro atoms. The van der Waals surface area contributed by atoms with E-state index in [9.17, 15) is 9.18 Å². The molecule has 3 rings (SSSR count). The summed E-state index contributed by atoms with van der Waals surface area (Å²) >= 11 is 0. The van der Waals surface area contributed by atoms with Crippen molar-refractivity contribution in [3.05, 3.63) is 52.6 Å². The van der Waals surface area contributed by atoms with Gasteiger partial charge in [-0.1, -0.05) is 12.1 Å². The fourth-order valence-corrected chi connectivity index (χ4v) is 3.26. The van der Waals surface area contributed by atoms with Crippen LogP contribution in [0.4, 0.5) is 4.39 Å². The molecule has 1 aliphatic carbocycles. The molecule has 0 radical (unpaired) electrons. The number of carbonyl (C=O) groups excluding carboxylic acids is 1. The molecule has 0 aliphatic heterocycles. The van der Waals surface area contributed by atoms with Gasteiger partial charge in [-0.05, 0) is 51.1 Å². The topological polar surface area (TPSA) is 50.2 Å².